The maximum atomic E-state index is 12.9. The van der Waals surface area contributed by atoms with Crippen LogP contribution in [0, 0.1) is 5.41 Å². The largest absolute Gasteiger partial charge is 0.338 e. The SMILES string of the molecule is O=C1N(Cc2ccc(Br)cc2)CCCC12CCCNC2. The Morgan fingerprint density at radius 1 is 1.20 bits per heavy atom. The molecule has 2 aliphatic heterocycles. The number of hydrogen-bond donors (Lipinski definition) is 1. The highest BCUT2D eigenvalue weighted by Crippen LogP contribution is 2.37. The van der Waals surface area contributed by atoms with Crippen LogP contribution in [-0.2, 0) is 11.3 Å². The van der Waals surface area contributed by atoms with Crippen molar-refractivity contribution in [2.45, 2.75) is 32.2 Å². The van der Waals surface area contributed by atoms with Crippen molar-refractivity contribution in [2.75, 3.05) is 19.6 Å². The van der Waals surface area contributed by atoms with Crippen LogP contribution in [0.5, 0.6) is 0 Å². The van der Waals surface area contributed by atoms with Gasteiger partial charge in [-0.3, -0.25) is 4.79 Å². The molecule has 2 heterocycles. The van der Waals surface area contributed by atoms with E-state index in [1.165, 1.54) is 5.56 Å². The van der Waals surface area contributed by atoms with Gasteiger partial charge in [-0.25, -0.2) is 0 Å². The van der Waals surface area contributed by atoms with Gasteiger partial charge < -0.3 is 10.2 Å². The molecule has 1 aromatic carbocycles. The summed E-state index contributed by atoms with van der Waals surface area (Å²) in [5.74, 6) is 0.360. The van der Waals surface area contributed by atoms with Crippen LogP contribution in [-0.4, -0.2) is 30.4 Å². The van der Waals surface area contributed by atoms with Crippen LogP contribution < -0.4 is 5.32 Å². The molecular weight excluding hydrogens is 316 g/mol. The zero-order valence-corrected chi connectivity index (χ0v) is 13.3. The number of benzene rings is 1. The van der Waals surface area contributed by atoms with Gasteiger partial charge in [0.15, 0.2) is 0 Å². The molecule has 3 nitrogen and oxygen atoms in total. The van der Waals surface area contributed by atoms with Gasteiger partial charge in [-0.15, -0.1) is 0 Å². The second-order valence-corrected chi connectivity index (χ2v) is 6.93. The van der Waals surface area contributed by atoms with Crippen LogP contribution in [0.15, 0.2) is 28.7 Å². The molecule has 3 rings (SSSR count). The zero-order chi connectivity index (χ0) is 14.0. The number of amides is 1. The van der Waals surface area contributed by atoms with Crippen LogP contribution in [0.4, 0.5) is 0 Å². The van der Waals surface area contributed by atoms with Crippen molar-refractivity contribution in [3.63, 3.8) is 0 Å². The normalized spacial score (nSPS) is 27.1. The number of piperidine rings is 2. The van der Waals surface area contributed by atoms with Crippen LogP contribution >= 0.6 is 15.9 Å². The molecular formula is C16H21BrN2O. The summed E-state index contributed by atoms with van der Waals surface area (Å²) in [4.78, 5) is 14.9. The second-order valence-electron chi connectivity index (χ2n) is 6.02. The summed E-state index contributed by atoms with van der Waals surface area (Å²) in [6.45, 7) is 3.56. The number of nitrogens with zero attached hydrogens (tertiary/aromatic N) is 1. The molecule has 2 fully saturated rings. The minimum Gasteiger partial charge on any atom is -0.338 e. The first-order valence-corrected chi connectivity index (χ1v) is 8.23. The molecule has 1 amide bonds. The van der Waals surface area contributed by atoms with Crippen LogP contribution in [0.25, 0.3) is 0 Å². The van der Waals surface area contributed by atoms with Crippen molar-refractivity contribution in [3.05, 3.63) is 34.3 Å². The molecule has 2 saturated heterocycles. The summed E-state index contributed by atoms with van der Waals surface area (Å²) >= 11 is 3.45. The fourth-order valence-corrected chi connectivity index (χ4v) is 3.74. The molecule has 0 aliphatic carbocycles. The zero-order valence-electron chi connectivity index (χ0n) is 11.7. The third kappa shape index (κ3) is 2.77. The van der Waals surface area contributed by atoms with Gasteiger partial charge in [-0.05, 0) is 49.9 Å². The first kappa shape index (κ1) is 14.1. The van der Waals surface area contributed by atoms with Crippen molar-refractivity contribution >= 4 is 21.8 Å². The molecule has 0 saturated carbocycles. The van der Waals surface area contributed by atoms with Crippen LogP contribution in [0.3, 0.4) is 0 Å². The minimum atomic E-state index is -0.119. The number of carbonyl (C=O) groups is 1. The lowest BCUT2D eigenvalue weighted by atomic mass is 9.73. The maximum Gasteiger partial charge on any atom is 0.230 e. The predicted octanol–water partition coefficient (Wildman–Crippen LogP) is 2.94. The van der Waals surface area contributed by atoms with E-state index in [-0.39, 0.29) is 5.41 Å². The summed E-state index contributed by atoms with van der Waals surface area (Å²) in [5.41, 5.74) is 1.09. The standard InChI is InChI=1S/C16H21BrN2O/c17-14-5-3-13(4-6-14)11-19-10-2-8-16(15(19)20)7-1-9-18-12-16/h3-6,18H,1-2,7-12H2. The minimum absolute atomic E-state index is 0.119. The number of rotatable bonds is 2. The lowest BCUT2D eigenvalue weighted by Crippen LogP contribution is -2.54. The van der Waals surface area contributed by atoms with E-state index < -0.39 is 0 Å². The van der Waals surface area contributed by atoms with Crippen molar-refractivity contribution in [2.24, 2.45) is 5.41 Å². The molecule has 0 aromatic heterocycles. The summed E-state index contributed by atoms with van der Waals surface area (Å²) < 4.78 is 1.08. The van der Waals surface area contributed by atoms with Crippen molar-refractivity contribution < 1.29 is 4.79 Å². The Morgan fingerprint density at radius 2 is 1.95 bits per heavy atom. The third-order valence-electron chi connectivity index (χ3n) is 4.58. The Labute approximate surface area is 128 Å². The molecule has 1 N–H and O–H groups in total. The topological polar surface area (TPSA) is 32.3 Å². The molecule has 108 valence electrons. The lowest BCUT2D eigenvalue weighted by Gasteiger charge is -2.44. The van der Waals surface area contributed by atoms with Gasteiger partial charge >= 0.3 is 0 Å². The Kier molecular flexibility index (Phi) is 4.13. The second kappa shape index (κ2) is 5.86. The molecule has 1 spiro atoms. The van der Waals surface area contributed by atoms with Crippen molar-refractivity contribution in [1.29, 1.82) is 0 Å². The van der Waals surface area contributed by atoms with E-state index >= 15 is 0 Å². The van der Waals surface area contributed by atoms with E-state index in [0.29, 0.717) is 5.91 Å². The molecule has 0 radical (unpaired) electrons. The number of carbonyl (C=O) groups excluding carboxylic acids is 1. The first-order valence-electron chi connectivity index (χ1n) is 7.44. The molecule has 1 unspecified atom stereocenters. The third-order valence-corrected chi connectivity index (χ3v) is 5.11. The number of hydrogen-bond acceptors (Lipinski definition) is 2. The van der Waals surface area contributed by atoms with E-state index in [0.717, 1.165) is 56.3 Å². The molecule has 20 heavy (non-hydrogen) atoms. The van der Waals surface area contributed by atoms with Crippen LogP contribution in [0.2, 0.25) is 0 Å². The Hall–Kier alpha value is -0.870. The molecule has 1 aromatic rings. The fraction of sp³-hybridized carbons (Fsp3) is 0.562. The smallest absolute Gasteiger partial charge is 0.230 e. The van der Waals surface area contributed by atoms with Gasteiger partial charge in [0.05, 0.1) is 5.41 Å². The summed E-state index contributed by atoms with van der Waals surface area (Å²) in [6.07, 6.45) is 4.35. The van der Waals surface area contributed by atoms with Gasteiger partial charge in [0, 0.05) is 24.1 Å². The van der Waals surface area contributed by atoms with Gasteiger partial charge in [0.2, 0.25) is 5.91 Å². The summed E-state index contributed by atoms with van der Waals surface area (Å²) in [5, 5.41) is 3.41. The van der Waals surface area contributed by atoms with Gasteiger partial charge in [-0.1, -0.05) is 28.1 Å². The average molecular weight is 337 g/mol. The molecule has 0 bridgehead atoms. The Bertz CT molecular complexity index is 474. The number of halogens is 1. The average Bonchev–Trinajstić information content (AvgIpc) is 2.47. The van der Waals surface area contributed by atoms with E-state index in [4.69, 9.17) is 0 Å². The predicted molar refractivity (Wildman–Crippen MR) is 83.3 cm³/mol. The van der Waals surface area contributed by atoms with Crippen LogP contribution in [0.1, 0.15) is 31.2 Å². The summed E-state index contributed by atoms with van der Waals surface area (Å²) in [7, 11) is 0. The monoisotopic (exact) mass is 336 g/mol. The first-order chi connectivity index (χ1) is 9.70. The van der Waals surface area contributed by atoms with Gasteiger partial charge in [-0.2, -0.15) is 0 Å². The van der Waals surface area contributed by atoms with Gasteiger partial charge in [0.1, 0.15) is 0 Å². The highest BCUT2D eigenvalue weighted by molar-refractivity contribution is 9.10. The van der Waals surface area contributed by atoms with Crippen molar-refractivity contribution in [3.8, 4) is 0 Å². The Balaban J connectivity index is 1.73. The quantitative estimate of drug-likeness (QED) is 0.900. The van der Waals surface area contributed by atoms with Crippen molar-refractivity contribution in [1.82, 2.24) is 10.2 Å². The number of nitrogens with one attached hydrogen (secondary N) is 1. The number of likely N-dealkylation sites (tertiary alicyclic amines) is 1. The maximum absolute atomic E-state index is 12.9. The fourth-order valence-electron chi connectivity index (χ4n) is 3.48. The molecule has 4 heteroatoms. The van der Waals surface area contributed by atoms with Gasteiger partial charge in [0.25, 0.3) is 0 Å². The van der Waals surface area contributed by atoms with E-state index in [1.807, 2.05) is 12.1 Å². The van der Waals surface area contributed by atoms with E-state index in [1.54, 1.807) is 0 Å². The highest BCUT2D eigenvalue weighted by Gasteiger charge is 2.44. The highest BCUT2D eigenvalue weighted by atomic mass is 79.9. The van der Waals surface area contributed by atoms with E-state index in [2.05, 4.69) is 38.3 Å². The van der Waals surface area contributed by atoms with E-state index in [9.17, 15) is 4.79 Å². The summed E-state index contributed by atoms with van der Waals surface area (Å²) in [6, 6.07) is 8.28. The molecule has 2 aliphatic rings. The Morgan fingerprint density at radius 3 is 2.65 bits per heavy atom. The molecule has 1 atom stereocenters. The lowest BCUT2D eigenvalue weighted by molar-refractivity contribution is -0.148.